The SMILES string of the molecule is COC1=CC[C@@](CCCBr)(C2OCCO2)C=C1. The topological polar surface area (TPSA) is 27.7 Å². The van der Waals surface area contributed by atoms with E-state index in [1.54, 1.807) is 7.11 Å². The van der Waals surface area contributed by atoms with Crippen LogP contribution in [0.3, 0.4) is 0 Å². The summed E-state index contributed by atoms with van der Waals surface area (Å²) in [7, 11) is 1.70. The molecule has 0 bridgehead atoms. The summed E-state index contributed by atoms with van der Waals surface area (Å²) >= 11 is 3.49. The second-order valence-corrected chi connectivity index (χ2v) is 5.24. The normalized spacial score (nSPS) is 29.4. The van der Waals surface area contributed by atoms with Gasteiger partial charge in [-0.25, -0.2) is 0 Å². The summed E-state index contributed by atoms with van der Waals surface area (Å²) in [6.07, 6.45) is 9.35. The zero-order chi connectivity index (χ0) is 12.1. The Bertz CT molecular complexity index is 308. The zero-order valence-corrected chi connectivity index (χ0v) is 11.7. The van der Waals surface area contributed by atoms with Crippen LogP contribution in [0.4, 0.5) is 0 Å². The lowest BCUT2D eigenvalue weighted by molar-refractivity contribution is -0.117. The summed E-state index contributed by atoms with van der Waals surface area (Å²) in [6, 6.07) is 0. The van der Waals surface area contributed by atoms with E-state index in [2.05, 4.69) is 28.1 Å². The van der Waals surface area contributed by atoms with Gasteiger partial charge in [0.05, 0.1) is 20.3 Å². The van der Waals surface area contributed by atoms with E-state index >= 15 is 0 Å². The Morgan fingerprint density at radius 1 is 1.47 bits per heavy atom. The molecule has 1 aliphatic heterocycles. The van der Waals surface area contributed by atoms with E-state index in [0.29, 0.717) is 13.2 Å². The lowest BCUT2D eigenvalue weighted by atomic mass is 9.77. The van der Waals surface area contributed by atoms with Crippen LogP contribution < -0.4 is 0 Å². The van der Waals surface area contributed by atoms with Gasteiger partial charge in [0.1, 0.15) is 5.76 Å². The van der Waals surface area contributed by atoms with Gasteiger partial charge < -0.3 is 14.2 Å². The molecule has 1 fully saturated rings. The van der Waals surface area contributed by atoms with Crippen molar-refractivity contribution in [2.75, 3.05) is 25.7 Å². The van der Waals surface area contributed by atoms with Gasteiger partial charge in [-0.05, 0) is 31.4 Å². The van der Waals surface area contributed by atoms with Crippen molar-refractivity contribution in [3.8, 4) is 0 Å². The highest BCUT2D eigenvalue weighted by molar-refractivity contribution is 9.09. The van der Waals surface area contributed by atoms with E-state index in [4.69, 9.17) is 14.2 Å². The number of hydrogen-bond donors (Lipinski definition) is 0. The van der Waals surface area contributed by atoms with Crippen molar-refractivity contribution in [1.29, 1.82) is 0 Å². The van der Waals surface area contributed by atoms with Gasteiger partial charge in [-0.15, -0.1) is 0 Å². The number of ether oxygens (including phenoxy) is 3. The molecule has 2 rings (SSSR count). The van der Waals surface area contributed by atoms with Crippen molar-refractivity contribution < 1.29 is 14.2 Å². The Morgan fingerprint density at radius 2 is 2.24 bits per heavy atom. The van der Waals surface area contributed by atoms with Crippen LogP contribution >= 0.6 is 15.9 Å². The van der Waals surface area contributed by atoms with Crippen LogP contribution in [-0.4, -0.2) is 31.9 Å². The number of hydrogen-bond acceptors (Lipinski definition) is 3. The molecule has 1 atom stereocenters. The first-order chi connectivity index (χ1) is 8.30. The first kappa shape index (κ1) is 13.1. The maximum Gasteiger partial charge on any atom is 0.167 e. The fourth-order valence-corrected chi connectivity index (χ4v) is 2.67. The maximum absolute atomic E-state index is 5.70. The molecular weight excluding hydrogens is 284 g/mol. The molecule has 0 saturated carbocycles. The molecule has 4 heteroatoms. The third kappa shape index (κ3) is 2.92. The molecular formula is C13H19BrO3. The molecule has 0 N–H and O–H groups in total. The van der Waals surface area contributed by atoms with Crippen molar-refractivity contribution >= 4 is 15.9 Å². The van der Waals surface area contributed by atoms with Gasteiger partial charge in [-0.2, -0.15) is 0 Å². The van der Waals surface area contributed by atoms with Crippen molar-refractivity contribution in [2.24, 2.45) is 5.41 Å². The molecule has 0 amide bonds. The van der Waals surface area contributed by atoms with Crippen LogP contribution in [0, 0.1) is 5.41 Å². The molecule has 1 saturated heterocycles. The standard InChI is InChI=1S/C13H19BrO3/c1-15-11-3-6-13(7-4-11,5-2-8-14)12-16-9-10-17-12/h3-4,6,12H,2,5,7-10H2,1H3/t13-/m0/s1. The number of allylic oxidation sites excluding steroid dienone is 2. The minimum Gasteiger partial charge on any atom is -0.497 e. The number of rotatable bonds is 5. The Balaban J connectivity index is 2.09. The molecule has 96 valence electrons. The average Bonchev–Trinajstić information content (AvgIpc) is 2.91. The third-order valence-corrected chi connectivity index (χ3v) is 3.93. The van der Waals surface area contributed by atoms with E-state index < -0.39 is 0 Å². The third-order valence-electron chi connectivity index (χ3n) is 3.37. The lowest BCUT2D eigenvalue weighted by Gasteiger charge is -2.36. The summed E-state index contributed by atoms with van der Waals surface area (Å²) in [5.41, 5.74) is -0.0215. The first-order valence-corrected chi connectivity index (χ1v) is 7.15. The minimum atomic E-state index is -0.104. The molecule has 0 aromatic carbocycles. The Hall–Kier alpha value is -0.320. The molecule has 0 aromatic rings. The Kier molecular flexibility index (Phi) is 4.65. The van der Waals surface area contributed by atoms with Gasteiger partial charge in [0.2, 0.25) is 0 Å². The van der Waals surface area contributed by atoms with Crippen LogP contribution in [-0.2, 0) is 14.2 Å². The smallest absolute Gasteiger partial charge is 0.167 e. The van der Waals surface area contributed by atoms with E-state index in [0.717, 1.165) is 30.4 Å². The number of methoxy groups -OCH3 is 1. The van der Waals surface area contributed by atoms with Crippen LogP contribution in [0.5, 0.6) is 0 Å². The molecule has 3 nitrogen and oxygen atoms in total. The Morgan fingerprint density at radius 3 is 2.76 bits per heavy atom. The molecule has 0 spiro atoms. The first-order valence-electron chi connectivity index (χ1n) is 6.03. The maximum atomic E-state index is 5.70. The highest BCUT2D eigenvalue weighted by Crippen LogP contribution is 2.41. The fourth-order valence-electron chi connectivity index (χ4n) is 2.39. The molecule has 0 radical (unpaired) electrons. The van der Waals surface area contributed by atoms with Gasteiger partial charge in [0, 0.05) is 10.7 Å². The molecule has 1 aliphatic carbocycles. The van der Waals surface area contributed by atoms with Gasteiger partial charge in [0.25, 0.3) is 0 Å². The predicted octanol–water partition coefficient (Wildman–Crippen LogP) is 3.01. The van der Waals surface area contributed by atoms with Gasteiger partial charge in [-0.1, -0.05) is 22.0 Å². The predicted molar refractivity (Wildman–Crippen MR) is 70.0 cm³/mol. The van der Waals surface area contributed by atoms with Crippen LogP contribution in [0.25, 0.3) is 0 Å². The zero-order valence-electron chi connectivity index (χ0n) is 10.2. The summed E-state index contributed by atoms with van der Waals surface area (Å²) in [5, 5.41) is 1.01. The minimum absolute atomic E-state index is 0.0215. The molecule has 17 heavy (non-hydrogen) atoms. The number of alkyl halides is 1. The largest absolute Gasteiger partial charge is 0.497 e. The molecule has 1 heterocycles. The van der Waals surface area contributed by atoms with E-state index in [9.17, 15) is 0 Å². The van der Waals surface area contributed by atoms with Crippen LogP contribution in [0.1, 0.15) is 19.3 Å². The van der Waals surface area contributed by atoms with E-state index in [-0.39, 0.29) is 11.7 Å². The highest BCUT2D eigenvalue weighted by Gasteiger charge is 2.40. The van der Waals surface area contributed by atoms with Crippen LogP contribution in [0.2, 0.25) is 0 Å². The molecule has 2 aliphatic rings. The quantitative estimate of drug-likeness (QED) is 0.731. The van der Waals surface area contributed by atoms with Crippen molar-refractivity contribution in [3.63, 3.8) is 0 Å². The van der Waals surface area contributed by atoms with E-state index in [1.165, 1.54) is 0 Å². The number of halogens is 1. The average molecular weight is 303 g/mol. The fraction of sp³-hybridized carbons (Fsp3) is 0.692. The molecule has 0 unspecified atom stereocenters. The van der Waals surface area contributed by atoms with Gasteiger partial charge in [-0.3, -0.25) is 0 Å². The second-order valence-electron chi connectivity index (χ2n) is 4.45. The summed E-state index contributed by atoms with van der Waals surface area (Å²) in [4.78, 5) is 0. The summed E-state index contributed by atoms with van der Waals surface area (Å²) < 4.78 is 16.6. The highest BCUT2D eigenvalue weighted by atomic mass is 79.9. The van der Waals surface area contributed by atoms with Gasteiger partial charge in [0.15, 0.2) is 6.29 Å². The van der Waals surface area contributed by atoms with Crippen LogP contribution in [0.15, 0.2) is 24.0 Å². The van der Waals surface area contributed by atoms with Crippen molar-refractivity contribution in [2.45, 2.75) is 25.6 Å². The Labute approximate surface area is 111 Å². The molecule has 0 aromatic heterocycles. The van der Waals surface area contributed by atoms with Gasteiger partial charge >= 0.3 is 0 Å². The summed E-state index contributed by atoms with van der Waals surface area (Å²) in [6.45, 7) is 1.41. The monoisotopic (exact) mass is 302 g/mol. The second kappa shape index (κ2) is 6.03. The summed E-state index contributed by atoms with van der Waals surface area (Å²) in [5.74, 6) is 0.928. The van der Waals surface area contributed by atoms with Crippen molar-refractivity contribution in [3.05, 3.63) is 24.0 Å². The van der Waals surface area contributed by atoms with E-state index in [1.807, 2.05) is 6.08 Å². The lowest BCUT2D eigenvalue weighted by Crippen LogP contribution is -2.35. The van der Waals surface area contributed by atoms with Crippen molar-refractivity contribution in [1.82, 2.24) is 0 Å².